The lowest BCUT2D eigenvalue weighted by Gasteiger charge is -1.97. The minimum Gasteiger partial charge on any atom is -0.358 e. The van der Waals surface area contributed by atoms with Crippen molar-refractivity contribution in [2.24, 2.45) is 0 Å². The van der Waals surface area contributed by atoms with Gasteiger partial charge in [-0.25, -0.2) is 9.50 Å². The van der Waals surface area contributed by atoms with Gasteiger partial charge in [-0.2, -0.15) is 4.98 Å². The second kappa shape index (κ2) is 5.17. The van der Waals surface area contributed by atoms with Gasteiger partial charge in [-0.1, -0.05) is 17.7 Å². The van der Waals surface area contributed by atoms with Gasteiger partial charge in [0.05, 0.1) is 0 Å². The second-order valence-corrected chi connectivity index (χ2v) is 4.35. The van der Waals surface area contributed by atoms with Gasteiger partial charge in [-0.05, 0) is 19.9 Å². The highest BCUT2D eigenvalue weighted by Crippen LogP contribution is 2.15. The highest BCUT2D eigenvalue weighted by atomic mass is 32.2. The van der Waals surface area contributed by atoms with Crippen LogP contribution in [0.3, 0.4) is 0 Å². The van der Waals surface area contributed by atoms with E-state index < -0.39 is 0 Å². The maximum absolute atomic E-state index is 5.15. The van der Waals surface area contributed by atoms with Crippen LogP contribution in [0.2, 0.25) is 0 Å². The molecule has 0 spiro atoms. The van der Waals surface area contributed by atoms with E-state index in [0.717, 1.165) is 11.4 Å². The van der Waals surface area contributed by atoms with E-state index in [1.165, 1.54) is 11.8 Å². The Kier molecular flexibility index (Phi) is 3.61. The summed E-state index contributed by atoms with van der Waals surface area (Å²) in [5.74, 6) is 3.46. The third kappa shape index (κ3) is 2.75. The average molecular weight is 248 g/mol. The molecule has 0 aliphatic heterocycles. The third-order valence-electron chi connectivity index (χ3n) is 2.06. The molecule has 2 heterocycles. The molecule has 0 aliphatic rings. The summed E-state index contributed by atoms with van der Waals surface area (Å²) in [6.07, 6.45) is 5.08. The van der Waals surface area contributed by atoms with Crippen LogP contribution in [0.4, 0.5) is 0 Å². The summed E-state index contributed by atoms with van der Waals surface area (Å²) in [4.78, 5) is 8.61. The first-order chi connectivity index (χ1) is 8.20. The smallest absolute Gasteiger partial charge is 0.253 e. The van der Waals surface area contributed by atoms with Crippen molar-refractivity contribution in [3.8, 4) is 12.3 Å². The van der Waals surface area contributed by atoms with Gasteiger partial charge in [0.15, 0.2) is 0 Å². The monoisotopic (exact) mass is 248 g/mol. The van der Waals surface area contributed by atoms with Crippen molar-refractivity contribution in [3.63, 3.8) is 0 Å². The third-order valence-corrected chi connectivity index (χ3v) is 2.77. The molecule has 0 saturated heterocycles. The zero-order valence-electron chi connectivity index (χ0n) is 9.67. The minimum absolute atomic E-state index is 0.302. The number of nitrogens with zero attached hydrogens (tertiary/aromatic N) is 4. The van der Waals surface area contributed by atoms with Crippen LogP contribution >= 0.6 is 11.8 Å². The molecule has 0 N–H and O–H groups in total. The van der Waals surface area contributed by atoms with Gasteiger partial charge >= 0.3 is 0 Å². The van der Waals surface area contributed by atoms with Crippen molar-refractivity contribution in [3.05, 3.63) is 17.5 Å². The number of aromatic nitrogens is 4. The second-order valence-electron chi connectivity index (χ2n) is 3.46. The fourth-order valence-corrected chi connectivity index (χ4v) is 1.96. The van der Waals surface area contributed by atoms with Gasteiger partial charge < -0.3 is 4.74 Å². The van der Waals surface area contributed by atoms with Gasteiger partial charge in [0.25, 0.3) is 5.78 Å². The number of terminal acetylenes is 1. The molecule has 17 heavy (non-hydrogen) atoms. The van der Waals surface area contributed by atoms with Crippen molar-refractivity contribution in [2.75, 3.05) is 12.5 Å². The first kappa shape index (κ1) is 11.9. The quantitative estimate of drug-likeness (QED) is 0.355. The molecule has 0 aliphatic carbocycles. The fourth-order valence-electron chi connectivity index (χ4n) is 1.40. The Hall–Kier alpha value is -1.58. The van der Waals surface area contributed by atoms with Crippen LogP contribution in [0.25, 0.3) is 5.78 Å². The molecule has 2 aromatic heterocycles. The number of aryl methyl sites for hydroxylation is 2. The van der Waals surface area contributed by atoms with E-state index in [0.29, 0.717) is 23.5 Å². The maximum atomic E-state index is 5.15. The molecule has 0 saturated carbocycles. The van der Waals surface area contributed by atoms with E-state index in [2.05, 4.69) is 21.0 Å². The van der Waals surface area contributed by atoms with Gasteiger partial charge in [-0.15, -0.1) is 11.5 Å². The largest absolute Gasteiger partial charge is 0.358 e. The van der Waals surface area contributed by atoms with Crippen molar-refractivity contribution in [1.82, 2.24) is 19.6 Å². The Morgan fingerprint density at radius 1 is 1.47 bits per heavy atom. The van der Waals surface area contributed by atoms with Crippen LogP contribution in [-0.2, 0) is 4.74 Å². The molecule has 0 unspecified atom stereocenters. The normalized spacial score (nSPS) is 10.6. The number of rotatable bonds is 4. The Balaban J connectivity index is 2.15. The molecule has 0 amide bonds. The molecule has 2 rings (SSSR count). The first-order valence-electron chi connectivity index (χ1n) is 5.05. The number of hydrogen-bond donors (Lipinski definition) is 0. The van der Waals surface area contributed by atoms with Crippen molar-refractivity contribution in [2.45, 2.75) is 19.0 Å². The van der Waals surface area contributed by atoms with Gasteiger partial charge in [0, 0.05) is 11.4 Å². The van der Waals surface area contributed by atoms with Crippen LogP contribution in [0.5, 0.6) is 0 Å². The Labute approximate surface area is 104 Å². The topological polar surface area (TPSA) is 52.3 Å². The Bertz CT molecular complexity index is 573. The molecule has 0 radical (unpaired) electrons. The molecule has 0 aromatic carbocycles. The summed E-state index contributed by atoms with van der Waals surface area (Å²) in [5, 5.41) is 4.97. The number of ether oxygens (including phenoxy) is 1. The molecule has 0 atom stereocenters. The molecular weight excluding hydrogens is 236 g/mol. The Morgan fingerprint density at radius 3 is 3.06 bits per heavy atom. The lowest BCUT2D eigenvalue weighted by molar-refractivity contribution is 0.222. The highest BCUT2D eigenvalue weighted by molar-refractivity contribution is 7.99. The van der Waals surface area contributed by atoms with E-state index >= 15 is 0 Å². The molecule has 0 bridgehead atoms. The summed E-state index contributed by atoms with van der Waals surface area (Å²) >= 11 is 1.40. The van der Waals surface area contributed by atoms with Gasteiger partial charge in [0.2, 0.25) is 5.16 Å². The predicted molar refractivity (Wildman–Crippen MR) is 65.8 cm³/mol. The van der Waals surface area contributed by atoms with Crippen molar-refractivity contribution in [1.29, 1.82) is 0 Å². The van der Waals surface area contributed by atoms with Gasteiger partial charge in [0.1, 0.15) is 12.5 Å². The summed E-state index contributed by atoms with van der Waals surface area (Å²) in [7, 11) is 0. The molecule has 5 nitrogen and oxygen atoms in total. The lowest BCUT2D eigenvalue weighted by Crippen LogP contribution is -1.97. The van der Waals surface area contributed by atoms with Gasteiger partial charge in [-0.3, -0.25) is 0 Å². The van der Waals surface area contributed by atoms with Crippen LogP contribution < -0.4 is 0 Å². The molecular formula is C11H12N4OS. The fraction of sp³-hybridized carbons (Fsp3) is 0.364. The maximum Gasteiger partial charge on any atom is 0.253 e. The van der Waals surface area contributed by atoms with E-state index in [1.807, 2.05) is 19.9 Å². The minimum atomic E-state index is 0.302. The van der Waals surface area contributed by atoms with E-state index in [-0.39, 0.29) is 0 Å². The number of thioether (sulfide) groups is 1. The SMILES string of the molecule is C#CCOCSc1nc2nc(C)cc(C)n2n1. The Morgan fingerprint density at radius 2 is 2.29 bits per heavy atom. The first-order valence-corrected chi connectivity index (χ1v) is 6.04. The van der Waals surface area contributed by atoms with Crippen molar-refractivity contribution >= 4 is 17.5 Å². The summed E-state index contributed by atoms with van der Waals surface area (Å²) in [5.41, 5.74) is 1.94. The molecule has 2 aromatic rings. The molecule has 6 heteroatoms. The zero-order valence-corrected chi connectivity index (χ0v) is 10.5. The van der Waals surface area contributed by atoms with Crippen LogP contribution in [0, 0.1) is 26.2 Å². The van der Waals surface area contributed by atoms with E-state index in [9.17, 15) is 0 Å². The summed E-state index contributed by atoms with van der Waals surface area (Å²) in [6.45, 7) is 4.21. The summed E-state index contributed by atoms with van der Waals surface area (Å²) in [6, 6.07) is 1.96. The van der Waals surface area contributed by atoms with Crippen LogP contribution in [0.15, 0.2) is 11.2 Å². The molecule has 88 valence electrons. The van der Waals surface area contributed by atoms with Crippen LogP contribution in [0.1, 0.15) is 11.4 Å². The van der Waals surface area contributed by atoms with Crippen molar-refractivity contribution < 1.29 is 4.74 Å². The molecule has 0 fully saturated rings. The predicted octanol–water partition coefficient (Wildman–Crippen LogP) is 1.44. The lowest BCUT2D eigenvalue weighted by atomic mass is 10.4. The van der Waals surface area contributed by atoms with Crippen LogP contribution in [-0.4, -0.2) is 32.1 Å². The average Bonchev–Trinajstić information content (AvgIpc) is 2.67. The number of fused-ring (bicyclic) bond motifs is 1. The standard InChI is InChI=1S/C11H12N4OS/c1-4-5-16-7-17-11-13-10-12-8(2)6-9(3)15(10)14-11/h1,6H,5,7H2,2-3H3. The summed E-state index contributed by atoms with van der Waals surface area (Å²) < 4.78 is 6.87. The van der Waals surface area contributed by atoms with E-state index in [1.54, 1.807) is 4.52 Å². The number of hydrogen-bond acceptors (Lipinski definition) is 5. The van der Waals surface area contributed by atoms with E-state index in [4.69, 9.17) is 11.2 Å². The zero-order chi connectivity index (χ0) is 12.3. The highest BCUT2D eigenvalue weighted by Gasteiger charge is 2.07.